The summed E-state index contributed by atoms with van der Waals surface area (Å²) in [5.41, 5.74) is 8.53. The predicted molar refractivity (Wildman–Crippen MR) is 118 cm³/mol. The first-order valence-corrected chi connectivity index (χ1v) is 10.6. The lowest BCUT2D eigenvalue weighted by molar-refractivity contribution is 0.298. The lowest BCUT2D eigenvalue weighted by atomic mass is 10.2. The van der Waals surface area contributed by atoms with Crippen LogP contribution in [-0.4, -0.2) is 46.5 Å². The summed E-state index contributed by atoms with van der Waals surface area (Å²) < 4.78 is 0. The van der Waals surface area contributed by atoms with Gasteiger partial charge in [0.05, 0.1) is 17.3 Å². The third kappa shape index (κ3) is 5.08. The Kier molecular flexibility index (Phi) is 6.32. The number of rotatable bonds is 6. The summed E-state index contributed by atoms with van der Waals surface area (Å²) >= 11 is 0. The van der Waals surface area contributed by atoms with Crippen LogP contribution in [0.2, 0.25) is 0 Å². The number of nitrogens with zero attached hydrogens (tertiary/aromatic N) is 5. The van der Waals surface area contributed by atoms with Crippen molar-refractivity contribution in [2.45, 2.75) is 38.3 Å². The molecule has 1 aliphatic heterocycles. The van der Waals surface area contributed by atoms with Gasteiger partial charge in [-0.1, -0.05) is 37.1 Å². The number of para-hydroxylation sites is 1. The molecule has 1 aromatic carbocycles. The van der Waals surface area contributed by atoms with Gasteiger partial charge in [0.2, 0.25) is 0 Å². The second-order valence-corrected chi connectivity index (χ2v) is 7.97. The van der Waals surface area contributed by atoms with Gasteiger partial charge in [-0.3, -0.25) is 9.88 Å². The van der Waals surface area contributed by atoms with Gasteiger partial charge in [-0.2, -0.15) is 0 Å². The van der Waals surface area contributed by atoms with E-state index in [9.17, 15) is 0 Å². The summed E-state index contributed by atoms with van der Waals surface area (Å²) in [5, 5.41) is 1.16. The molecule has 1 atom stereocenters. The van der Waals surface area contributed by atoms with Crippen LogP contribution in [0.15, 0.2) is 48.7 Å². The Bertz CT molecular complexity index is 935. The molecule has 1 unspecified atom stereocenters. The molecule has 6 heteroatoms. The van der Waals surface area contributed by atoms with Crippen molar-refractivity contribution in [1.82, 2.24) is 19.9 Å². The number of pyridine rings is 1. The standard InChI is InChI=1S/C23H30N6/c1-28(16-19-11-10-18-8-4-5-9-21(18)26-19)17-20(24)23-25-13-12-22(27-23)29-14-6-2-3-7-15-29/h4-5,8-13,20H,2-3,6-7,14-17,24H2,1H3. The highest BCUT2D eigenvalue weighted by Crippen LogP contribution is 2.19. The molecule has 2 N–H and O–H groups in total. The van der Waals surface area contributed by atoms with Crippen LogP contribution in [0.25, 0.3) is 10.9 Å². The predicted octanol–water partition coefficient (Wildman–Crippen LogP) is 3.54. The van der Waals surface area contributed by atoms with Gasteiger partial charge < -0.3 is 10.6 Å². The molecule has 0 radical (unpaired) electrons. The van der Waals surface area contributed by atoms with E-state index in [0.29, 0.717) is 12.4 Å². The van der Waals surface area contributed by atoms with Gasteiger partial charge in [0, 0.05) is 37.8 Å². The van der Waals surface area contributed by atoms with E-state index in [2.05, 4.69) is 40.0 Å². The first kappa shape index (κ1) is 19.7. The minimum absolute atomic E-state index is 0.229. The lowest BCUT2D eigenvalue weighted by Gasteiger charge is -2.24. The maximum absolute atomic E-state index is 6.46. The first-order chi connectivity index (χ1) is 14.2. The van der Waals surface area contributed by atoms with E-state index in [-0.39, 0.29) is 6.04 Å². The molecule has 0 saturated carbocycles. The van der Waals surface area contributed by atoms with E-state index >= 15 is 0 Å². The Morgan fingerprint density at radius 2 is 1.79 bits per heavy atom. The van der Waals surface area contributed by atoms with E-state index in [1.165, 1.54) is 25.7 Å². The van der Waals surface area contributed by atoms with Gasteiger partial charge in [-0.15, -0.1) is 0 Å². The molecule has 6 nitrogen and oxygen atoms in total. The Balaban J connectivity index is 1.40. The second-order valence-electron chi connectivity index (χ2n) is 7.97. The molecule has 0 spiro atoms. The minimum atomic E-state index is -0.229. The number of nitrogens with two attached hydrogens (primary N) is 1. The first-order valence-electron chi connectivity index (χ1n) is 10.6. The Morgan fingerprint density at radius 1 is 1.00 bits per heavy atom. The fourth-order valence-electron chi connectivity index (χ4n) is 3.97. The number of fused-ring (bicyclic) bond motifs is 1. The lowest BCUT2D eigenvalue weighted by Crippen LogP contribution is -2.31. The average Bonchev–Trinajstić information content (AvgIpc) is 3.03. The van der Waals surface area contributed by atoms with Crippen LogP contribution in [0.5, 0.6) is 0 Å². The second kappa shape index (κ2) is 9.29. The molecule has 29 heavy (non-hydrogen) atoms. The highest BCUT2D eigenvalue weighted by molar-refractivity contribution is 5.78. The Hall–Kier alpha value is -2.57. The number of hydrogen-bond donors (Lipinski definition) is 1. The van der Waals surface area contributed by atoms with Crippen LogP contribution in [-0.2, 0) is 6.54 Å². The van der Waals surface area contributed by atoms with Gasteiger partial charge in [-0.25, -0.2) is 9.97 Å². The topological polar surface area (TPSA) is 71.2 Å². The number of likely N-dealkylation sites (N-methyl/N-ethyl adjacent to an activating group) is 1. The van der Waals surface area contributed by atoms with Crippen molar-refractivity contribution in [1.29, 1.82) is 0 Å². The van der Waals surface area contributed by atoms with E-state index in [4.69, 9.17) is 15.7 Å². The van der Waals surface area contributed by atoms with E-state index in [1.807, 2.05) is 30.5 Å². The van der Waals surface area contributed by atoms with E-state index in [0.717, 1.165) is 42.0 Å². The highest BCUT2D eigenvalue weighted by atomic mass is 15.2. The van der Waals surface area contributed by atoms with E-state index in [1.54, 1.807) is 0 Å². The quantitative estimate of drug-likeness (QED) is 0.694. The molecule has 3 aromatic rings. The summed E-state index contributed by atoms with van der Waals surface area (Å²) in [4.78, 5) is 18.6. The van der Waals surface area contributed by atoms with Gasteiger partial charge >= 0.3 is 0 Å². The molecule has 0 aliphatic carbocycles. The van der Waals surface area contributed by atoms with Gasteiger partial charge in [0.1, 0.15) is 11.6 Å². The molecular formula is C23H30N6. The van der Waals surface area contributed by atoms with Crippen molar-refractivity contribution in [2.24, 2.45) is 5.73 Å². The van der Waals surface area contributed by atoms with Crippen molar-refractivity contribution in [2.75, 3.05) is 31.6 Å². The van der Waals surface area contributed by atoms with Gasteiger partial charge in [0.25, 0.3) is 0 Å². The third-order valence-electron chi connectivity index (χ3n) is 5.52. The largest absolute Gasteiger partial charge is 0.357 e. The molecular weight excluding hydrogens is 360 g/mol. The summed E-state index contributed by atoms with van der Waals surface area (Å²) in [6.45, 7) is 3.56. The van der Waals surface area contributed by atoms with Crippen molar-refractivity contribution >= 4 is 16.7 Å². The maximum atomic E-state index is 6.46. The molecule has 1 saturated heterocycles. The summed E-state index contributed by atoms with van der Waals surface area (Å²) in [5.74, 6) is 1.72. The molecule has 1 fully saturated rings. The number of aromatic nitrogens is 3. The zero-order valence-corrected chi connectivity index (χ0v) is 17.2. The maximum Gasteiger partial charge on any atom is 0.148 e. The highest BCUT2D eigenvalue weighted by Gasteiger charge is 2.16. The number of benzene rings is 1. The van der Waals surface area contributed by atoms with Crippen molar-refractivity contribution in [3.63, 3.8) is 0 Å². The summed E-state index contributed by atoms with van der Waals surface area (Å²) in [7, 11) is 2.06. The van der Waals surface area contributed by atoms with Crippen LogP contribution >= 0.6 is 0 Å². The zero-order valence-electron chi connectivity index (χ0n) is 17.2. The Labute approximate surface area is 172 Å². The normalized spacial score (nSPS) is 16.2. The zero-order chi connectivity index (χ0) is 20.1. The van der Waals surface area contributed by atoms with Crippen LogP contribution in [0.1, 0.15) is 43.2 Å². The molecule has 2 aromatic heterocycles. The van der Waals surface area contributed by atoms with Crippen molar-refractivity contribution < 1.29 is 0 Å². The smallest absolute Gasteiger partial charge is 0.148 e. The average molecular weight is 391 g/mol. The van der Waals surface area contributed by atoms with E-state index < -0.39 is 0 Å². The van der Waals surface area contributed by atoms with Crippen molar-refractivity contribution in [3.8, 4) is 0 Å². The third-order valence-corrected chi connectivity index (χ3v) is 5.52. The fraction of sp³-hybridized carbons (Fsp3) is 0.435. The number of anilines is 1. The molecule has 1 aliphatic rings. The molecule has 4 rings (SSSR count). The molecule has 0 amide bonds. The monoisotopic (exact) mass is 390 g/mol. The molecule has 3 heterocycles. The van der Waals surface area contributed by atoms with Gasteiger partial charge in [-0.05, 0) is 38.1 Å². The summed E-state index contributed by atoms with van der Waals surface area (Å²) in [6, 6.07) is 14.2. The summed E-state index contributed by atoms with van der Waals surface area (Å²) in [6.07, 6.45) is 6.91. The van der Waals surface area contributed by atoms with Crippen LogP contribution in [0, 0.1) is 0 Å². The minimum Gasteiger partial charge on any atom is -0.357 e. The SMILES string of the molecule is CN(Cc1ccc2ccccc2n1)CC(N)c1nccc(N2CCCCCC2)n1. The van der Waals surface area contributed by atoms with Gasteiger partial charge in [0.15, 0.2) is 0 Å². The number of hydrogen-bond acceptors (Lipinski definition) is 6. The Morgan fingerprint density at radius 3 is 2.62 bits per heavy atom. The van der Waals surface area contributed by atoms with Crippen LogP contribution in [0.4, 0.5) is 5.82 Å². The fourth-order valence-corrected chi connectivity index (χ4v) is 3.97. The van der Waals surface area contributed by atoms with Crippen LogP contribution in [0.3, 0.4) is 0 Å². The molecule has 0 bridgehead atoms. The van der Waals surface area contributed by atoms with Crippen molar-refractivity contribution in [3.05, 3.63) is 60.2 Å². The molecule has 152 valence electrons. The van der Waals surface area contributed by atoms with Crippen LogP contribution < -0.4 is 10.6 Å².